The number of hydrogen-bond acceptors (Lipinski definition) is 8. The summed E-state index contributed by atoms with van der Waals surface area (Å²) in [5, 5.41) is 7.87. The lowest BCUT2D eigenvalue weighted by atomic mass is 10.0. The van der Waals surface area contributed by atoms with Gasteiger partial charge in [-0.3, -0.25) is 0 Å². The van der Waals surface area contributed by atoms with Crippen LogP contribution in [0.2, 0.25) is 5.02 Å². The normalized spacial score (nSPS) is 15.1. The molecule has 4 rings (SSSR count). The van der Waals surface area contributed by atoms with Crippen molar-refractivity contribution in [3.8, 4) is 5.75 Å². The van der Waals surface area contributed by atoms with Crippen LogP contribution >= 0.6 is 11.6 Å². The first-order valence-corrected chi connectivity index (χ1v) is 12.9. The van der Waals surface area contributed by atoms with Crippen LogP contribution in [0, 0.1) is 11.7 Å². The highest BCUT2D eigenvalue weighted by molar-refractivity contribution is 7.89. The van der Waals surface area contributed by atoms with Crippen LogP contribution in [0.4, 0.5) is 27.5 Å². The molecule has 0 atom stereocenters. The molecule has 0 amide bonds. The van der Waals surface area contributed by atoms with Crippen molar-refractivity contribution in [2.45, 2.75) is 24.7 Å². The van der Waals surface area contributed by atoms with Crippen LogP contribution in [-0.2, 0) is 10.0 Å². The first-order chi connectivity index (χ1) is 16.7. The summed E-state index contributed by atoms with van der Waals surface area (Å²) in [7, 11) is -2.26. The van der Waals surface area contributed by atoms with E-state index >= 15 is 0 Å². The number of hydrazine groups is 1. The number of hydrogen-bond donors (Lipinski definition) is 3. The van der Waals surface area contributed by atoms with Gasteiger partial charge in [-0.25, -0.2) is 22.8 Å². The van der Waals surface area contributed by atoms with Gasteiger partial charge in [0.1, 0.15) is 5.75 Å². The summed E-state index contributed by atoms with van der Waals surface area (Å²) in [5.74, 6) is 0.412. The molecule has 2 heterocycles. The molecular formula is C23H26ClFN6O3S. The zero-order valence-corrected chi connectivity index (χ0v) is 20.8. The molecule has 9 nitrogen and oxygen atoms in total. The topological polar surface area (TPSA) is 108 Å². The van der Waals surface area contributed by atoms with Crippen LogP contribution in [0.1, 0.15) is 19.8 Å². The number of aromatic nitrogens is 2. The second-order valence-corrected chi connectivity index (χ2v) is 10.3. The highest BCUT2D eigenvalue weighted by Gasteiger charge is 2.22. The third-order valence-electron chi connectivity index (χ3n) is 5.59. The molecule has 0 bridgehead atoms. The quantitative estimate of drug-likeness (QED) is 0.392. The zero-order chi connectivity index (χ0) is 25.0. The monoisotopic (exact) mass is 520 g/mol. The van der Waals surface area contributed by atoms with E-state index in [9.17, 15) is 12.8 Å². The van der Waals surface area contributed by atoms with Crippen molar-refractivity contribution in [2.75, 3.05) is 30.8 Å². The van der Waals surface area contributed by atoms with Gasteiger partial charge < -0.3 is 15.4 Å². The Kier molecular flexibility index (Phi) is 7.70. The average molecular weight is 521 g/mol. The number of nitrogens with zero attached hydrogens (tertiary/aromatic N) is 3. The summed E-state index contributed by atoms with van der Waals surface area (Å²) in [4.78, 5) is 10.9. The third kappa shape index (κ3) is 6.37. The number of rotatable bonds is 8. The highest BCUT2D eigenvalue weighted by Crippen LogP contribution is 2.29. The van der Waals surface area contributed by atoms with Crippen LogP contribution in [-0.4, -0.2) is 43.6 Å². The van der Waals surface area contributed by atoms with Gasteiger partial charge in [-0.2, -0.15) is 4.98 Å². The van der Waals surface area contributed by atoms with E-state index in [1.807, 2.05) is 0 Å². The minimum Gasteiger partial charge on any atom is -0.495 e. The van der Waals surface area contributed by atoms with Crippen LogP contribution in [0.15, 0.2) is 53.6 Å². The summed E-state index contributed by atoms with van der Waals surface area (Å²) < 4.78 is 45.2. The molecule has 186 valence electrons. The van der Waals surface area contributed by atoms with Crippen LogP contribution < -0.4 is 20.2 Å². The van der Waals surface area contributed by atoms with Crippen molar-refractivity contribution >= 4 is 44.8 Å². The summed E-state index contributed by atoms with van der Waals surface area (Å²) in [6.45, 7) is 3.49. The van der Waals surface area contributed by atoms with Gasteiger partial charge in [0.2, 0.25) is 5.95 Å². The Morgan fingerprint density at radius 1 is 1.11 bits per heavy atom. The Bertz CT molecular complexity index is 1300. The smallest absolute Gasteiger partial charge is 0.253 e. The number of methoxy groups -OCH3 is 1. The highest BCUT2D eigenvalue weighted by atomic mass is 35.5. The number of piperidine rings is 1. The lowest BCUT2D eigenvalue weighted by Crippen LogP contribution is -2.46. The zero-order valence-electron chi connectivity index (χ0n) is 19.3. The molecule has 12 heteroatoms. The maximum Gasteiger partial charge on any atom is 0.253 e. The van der Waals surface area contributed by atoms with E-state index in [4.69, 9.17) is 16.3 Å². The minimum absolute atomic E-state index is 0.0755. The number of ether oxygens (including phenoxy) is 1. The summed E-state index contributed by atoms with van der Waals surface area (Å²) in [5.41, 5.74) is 0.941. The molecule has 35 heavy (non-hydrogen) atoms. The fraction of sp³-hybridized carbons (Fsp3) is 0.304. The molecule has 3 N–H and O–H groups in total. The number of benzene rings is 2. The second kappa shape index (κ2) is 10.7. The fourth-order valence-corrected chi connectivity index (χ4v) is 5.01. The number of sulfonamides is 1. The molecule has 0 unspecified atom stereocenters. The molecule has 0 saturated carbocycles. The van der Waals surface area contributed by atoms with Crippen molar-refractivity contribution in [1.82, 2.24) is 19.8 Å². The number of anilines is 4. The summed E-state index contributed by atoms with van der Waals surface area (Å²) >= 11 is 6.13. The van der Waals surface area contributed by atoms with Gasteiger partial charge in [0.05, 0.1) is 23.2 Å². The molecule has 1 aliphatic heterocycles. The molecule has 1 aliphatic rings. The number of halogens is 2. The van der Waals surface area contributed by atoms with Crippen LogP contribution in [0.5, 0.6) is 5.75 Å². The molecule has 0 radical (unpaired) electrons. The summed E-state index contributed by atoms with van der Waals surface area (Å²) in [6, 6.07) is 11.2. The van der Waals surface area contributed by atoms with Gasteiger partial charge >= 0.3 is 0 Å². The maximum atomic E-state index is 14.3. The second-order valence-electron chi connectivity index (χ2n) is 8.28. The van der Waals surface area contributed by atoms with Crippen molar-refractivity contribution in [3.05, 3.63) is 59.5 Å². The molecule has 0 spiro atoms. The van der Waals surface area contributed by atoms with E-state index < -0.39 is 15.8 Å². The molecular weight excluding hydrogens is 495 g/mol. The Labute approximate surface area is 208 Å². The van der Waals surface area contributed by atoms with E-state index in [2.05, 4.69) is 32.4 Å². The Balaban J connectivity index is 1.49. The summed E-state index contributed by atoms with van der Waals surface area (Å²) in [6.07, 6.45) is 2.89. The Hall–Kier alpha value is -2.99. The van der Waals surface area contributed by atoms with Crippen molar-refractivity contribution in [1.29, 1.82) is 0 Å². The van der Waals surface area contributed by atoms with Crippen LogP contribution in [0.3, 0.4) is 0 Å². The van der Waals surface area contributed by atoms with Gasteiger partial charge in [0.25, 0.3) is 10.0 Å². The SMILES string of the molecule is COc1ccc(Nc2nc(Nc3cccc(S(=O)(=O)NN4CCC(C)CC4)c3)ncc2F)cc1Cl. The molecule has 1 aromatic heterocycles. The van der Waals surface area contributed by atoms with Gasteiger partial charge in [-0.1, -0.05) is 24.6 Å². The van der Waals surface area contributed by atoms with Gasteiger partial charge in [-0.05, 0) is 55.2 Å². The Morgan fingerprint density at radius 2 is 1.86 bits per heavy atom. The standard InChI is InChI=1S/C23H26ClFN6O3S/c1-15-8-10-31(11-9-15)30-35(32,33)18-5-3-4-16(12-18)28-23-26-14-20(25)22(29-23)27-17-6-7-21(34-2)19(24)13-17/h3-7,12-15,30H,8-11H2,1-2H3,(H2,26,27,28,29). The van der Waals surface area contributed by atoms with E-state index in [-0.39, 0.29) is 16.7 Å². The minimum atomic E-state index is -3.76. The fourth-order valence-electron chi connectivity index (χ4n) is 3.59. The lowest BCUT2D eigenvalue weighted by molar-refractivity contribution is 0.168. The van der Waals surface area contributed by atoms with Gasteiger partial charge in [0.15, 0.2) is 11.6 Å². The van der Waals surface area contributed by atoms with E-state index in [0.29, 0.717) is 41.2 Å². The van der Waals surface area contributed by atoms with Crippen LogP contribution in [0.25, 0.3) is 0 Å². The predicted octanol–water partition coefficient (Wildman–Crippen LogP) is 4.69. The first-order valence-electron chi connectivity index (χ1n) is 11.0. The maximum absolute atomic E-state index is 14.3. The molecule has 1 fully saturated rings. The molecule has 1 saturated heterocycles. The van der Waals surface area contributed by atoms with Gasteiger partial charge in [0, 0.05) is 24.5 Å². The Morgan fingerprint density at radius 3 is 2.57 bits per heavy atom. The number of nitrogens with one attached hydrogen (secondary N) is 3. The van der Waals surface area contributed by atoms with E-state index in [1.165, 1.54) is 19.2 Å². The lowest BCUT2D eigenvalue weighted by Gasteiger charge is -2.30. The van der Waals surface area contributed by atoms with Crippen molar-refractivity contribution < 1.29 is 17.5 Å². The largest absolute Gasteiger partial charge is 0.495 e. The molecule has 3 aromatic rings. The van der Waals surface area contributed by atoms with E-state index in [0.717, 1.165) is 19.0 Å². The first kappa shape index (κ1) is 25.1. The third-order valence-corrected chi connectivity index (χ3v) is 7.26. The van der Waals surface area contributed by atoms with E-state index in [1.54, 1.807) is 35.3 Å². The van der Waals surface area contributed by atoms with Crippen molar-refractivity contribution in [2.24, 2.45) is 5.92 Å². The molecule has 0 aliphatic carbocycles. The predicted molar refractivity (Wildman–Crippen MR) is 133 cm³/mol. The molecule has 2 aromatic carbocycles. The van der Waals surface area contributed by atoms with Crippen molar-refractivity contribution in [3.63, 3.8) is 0 Å². The van der Waals surface area contributed by atoms with Gasteiger partial charge in [-0.15, -0.1) is 4.83 Å². The average Bonchev–Trinajstić information content (AvgIpc) is 2.83.